The number of hydrogen-bond acceptors (Lipinski definition) is 4. The molecule has 2 rings (SSSR count). The summed E-state index contributed by atoms with van der Waals surface area (Å²) in [5.41, 5.74) is 0. The fraction of sp³-hybridized carbons (Fsp3) is 0.615. The minimum Gasteiger partial charge on any atom is -0.473 e. The van der Waals surface area contributed by atoms with E-state index in [0.29, 0.717) is 5.88 Å². The van der Waals surface area contributed by atoms with Crippen molar-refractivity contribution < 1.29 is 13.9 Å². The summed E-state index contributed by atoms with van der Waals surface area (Å²) in [5.74, 6) is -0.134. The molecule has 1 atom stereocenters. The Kier molecular flexibility index (Phi) is 4.90. The van der Waals surface area contributed by atoms with Gasteiger partial charge in [-0.25, -0.2) is 0 Å². The SMILES string of the molecule is CCOCCN1CCC(Oc2cccc(F)n2)C1. The molecule has 5 heteroatoms. The zero-order valence-corrected chi connectivity index (χ0v) is 10.6. The second-order valence-corrected chi connectivity index (χ2v) is 4.32. The van der Waals surface area contributed by atoms with Crippen LogP contribution in [0.5, 0.6) is 5.88 Å². The van der Waals surface area contributed by atoms with Crippen molar-refractivity contribution in [1.29, 1.82) is 0 Å². The van der Waals surface area contributed by atoms with E-state index >= 15 is 0 Å². The molecule has 0 bridgehead atoms. The maximum atomic E-state index is 12.9. The van der Waals surface area contributed by atoms with Crippen LogP contribution in [0.2, 0.25) is 0 Å². The summed E-state index contributed by atoms with van der Waals surface area (Å²) in [6.45, 7) is 6.26. The quantitative estimate of drug-likeness (QED) is 0.572. The Labute approximate surface area is 107 Å². The van der Waals surface area contributed by atoms with Gasteiger partial charge in [0.15, 0.2) is 0 Å². The summed E-state index contributed by atoms with van der Waals surface area (Å²) in [6, 6.07) is 4.61. The highest BCUT2D eigenvalue weighted by molar-refractivity contribution is 5.11. The molecular weight excluding hydrogens is 235 g/mol. The number of pyridine rings is 1. The molecule has 18 heavy (non-hydrogen) atoms. The van der Waals surface area contributed by atoms with Gasteiger partial charge >= 0.3 is 0 Å². The molecule has 0 aromatic carbocycles. The lowest BCUT2D eigenvalue weighted by Crippen LogP contribution is -2.28. The summed E-state index contributed by atoms with van der Waals surface area (Å²) >= 11 is 0. The van der Waals surface area contributed by atoms with E-state index in [1.54, 1.807) is 12.1 Å². The number of halogens is 1. The average Bonchev–Trinajstić information content (AvgIpc) is 2.77. The van der Waals surface area contributed by atoms with Crippen LogP contribution in [0.25, 0.3) is 0 Å². The molecule has 1 fully saturated rings. The Bertz CT molecular complexity index is 376. The van der Waals surface area contributed by atoms with Gasteiger partial charge in [0, 0.05) is 32.3 Å². The number of likely N-dealkylation sites (tertiary alicyclic amines) is 1. The number of ether oxygens (including phenoxy) is 2. The number of nitrogens with zero attached hydrogens (tertiary/aromatic N) is 2. The van der Waals surface area contributed by atoms with Crippen LogP contribution in [0.15, 0.2) is 18.2 Å². The van der Waals surface area contributed by atoms with Crippen molar-refractivity contribution >= 4 is 0 Å². The Morgan fingerprint density at radius 1 is 1.50 bits per heavy atom. The zero-order valence-electron chi connectivity index (χ0n) is 10.6. The molecule has 100 valence electrons. The van der Waals surface area contributed by atoms with Gasteiger partial charge in [0.25, 0.3) is 0 Å². The maximum Gasteiger partial charge on any atom is 0.216 e. The Balaban J connectivity index is 1.75. The molecule has 1 aromatic rings. The fourth-order valence-corrected chi connectivity index (χ4v) is 2.06. The van der Waals surface area contributed by atoms with Gasteiger partial charge in [-0.05, 0) is 19.4 Å². The minimum absolute atomic E-state index is 0.0981. The highest BCUT2D eigenvalue weighted by Gasteiger charge is 2.23. The molecule has 1 aliphatic rings. The molecule has 0 radical (unpaired) electrons. The van der Waals surface area contributed by atoms with Crippen molar-refractivity contribution in [3.05, 3.63) is 24.1 Å². The normalized spacial score (nSPS) is 20.2. The van der Waals surface area contributed by atoms with Gasteiger partial charge in [0.1, 0.15) is 6.10 Å². The third-order valence-electron chi connectivity index (χ3n) is 2.96. The zero-order chi connectivity index (χ0) is 12.8. The van der Waals surface area contributed by atoms with Gasteiger partial charge in [-0.3, -0.25) is 4.90 Å². The molecule has 0 aliphatic carbocycles. The minimum atomic E-state index is -0.501. The second-order valence-electron chi connectivity index (χ2n) is 4.32. The molecule has 1 unspecified atom stereocenters. The first-order valence-electron chi connectivity index (χ1n) is 6.37. The van der Waals surface area contributed by atoms with E-state index in [4.69, 9.17) is 9.47 Å². The van der Waals surface area contributed by atoms with Gasteiger partial charge in [0.05, 0.1) is 6.61 Å². The lowest BCUT2D eigenvalue weighted by atomic mass is 10.3. The summed E-state index contributed by atoms with van der Waals surface area (Å²) in [4.78, 5) is 6.00. The first-order valence-corrected chi connectivity index (χ1v) is 6.37. The van der Waals surface area contributed by atoms with Crippen LogP contribution in [0.4, 0.5) is 4.39 Å². The smallest absolute Gasteiger partial charge is 0.216 e. The van der Waals surface area contributed by atoms with E-state index in [9.17, 15) is 4.39 Å². The van der Waals surface area contributed by atoms with Gasteiger partial charge in [-0.1, -0.05) is 6.07 Å². The first kappa shape index (κ1) is 13.2. The molecule has 0 saturated carbocycles. The lowest BCUT2D eigenvalue weighted by Gasteiger charge is -2.16. The van der Waals surface area contributed by atoms with Crippen LogP contribution in [0.3, 0.4) is 0 Å². The fourth-order valence-electron chi connectivity index (χ4n) is 2.06. The second kappa shape index (κ2) is 6.66. The standard InChI is InChI=1S/C13H19FN2O2/c1-2-17-9-8-16-7-6-11(10-16)18-13-5-3-4-12(14)15-13/h3-5,11H,2,6-10H2,1H3. The molecule has 1 saturated heterocycles. The Morgan fingerprint density at radius 2 is 2.39 bits per heavy atom. The van der Waals surface area contributed by atoms with E-state index < -0.39 is 5.95 Å². The van der Waals surface area contributed by atoms with Gasteiger partial charge in [-0.2, -0.15) is 9.37 Å². The molecule has 4 nitrogen and oxygen atoms in total. The highest BCUT2D eigenvalue weighted by Crippen LogP contribution is 2.16. The Hall–Kier alpha value is -1.20. The monoisotopic (exact) mass is 254 g/mol. The average molecular weight is 254 g/mol. The third kappa shape index (κ3) is 3.92. The topological polar surface area (TPSA) is 34.6 Å². The van der Waals surface area contributed by atoms with Crippen LogP contribution in [-0.4, -0.2) is 48.8 Å². The predicted octanol–water partition coefficient (Wildman–Crippen LogP) is 1.71. The van der Waals surface area contributed by atoms with E-state index in [0.717, 1.165) is 39.3 Å². The number of hydrogen-bond donors (Lipinski definition) is 0. The van der Waals surface area contributed by atoms with Crippen molar-refractivity contribution in [2.75, 3.05) is 32.8 Å². The maximum absolute atomic E-state index is 12.9. The van der Waals surface area contributed by atoms with Crippen molar-refractivity contribution in [2.45, 2.75) is 19.4 Å². The van der Waals surface area contributed by atoms with E-state index in [1.165, 1.54) is 6.07 Å². The van der Waals surface area contributed by atoms with Crippen LogP contribution in [-0.2, 0) is 4.74 Å². The Morgan fingerprint density at radius 3 is 3.17 bits per heavy atom. The van der Waals surface area contributed by atoms with Crippen molar-refractivity contribution in [1.82, 2.24) is 9.88 Å². The molecule has 1 aromatic heterocycles. The molecule has 0 spiro atoms. The highest BCUT2D eigenvalue weighted by atomic mass is 19.1. The van der Waals surface area contributed by atoms with Crippen LogP contribution in [0, 0.1) is 5.95 Å². The summed E-state index contributed by atoms with van der Waals surface area (Å²) in [7, 11) is 0. The van der Waals surface area contributed by atoms with Gasteiger partial charge in [-0.15, -0.1) is 0 Å². The van der Waals surface area contributed by atoms with Crippen molar-refractivity contribution in [3.8, 4) is 5.88 Å². The van der Waals surface area contributed by atoms with Crippen molar-refractivity contribution in [3.63, 3.8) is 0 Å². The molecule has 0 amide bonds. The summed E-state index contributed by atoms with van der Waals surface area (Å²) in [6.07, 6.45) is 1.05. The van der Waals surface area contributed by atoms with Crippen LogP contribution < -0.4 is 4.74 Å². The molecule has 0 N–H and O–H groups in total. The molecule has 2 heterocycles. The summed E-state index contributed by atoms with van der Waals surface area (Å²) in [5, 5.41) is 0. The van der Waals surface area contributed by atoms with Gasteiger partial charge in [0.2, 0.25) is 11.8 Å². The van der Waals surface area contributed by atoms with Crippen LogP contribution in [0.1, 0.15) is 13.3 Å². The molecule has 1 aliphatic heterocycles. The largest absolute Gasteiger partial charge is 0.473 e. The molecular formula is C13H19FN2O2. The van der Waals surface area contributed by atoms with Crippen molar-refractivity contribution in [2.24, 2.45) is 0 Å². The van der Waals surface area contributed by atoms with Gasteiger partial charge < -0.3 is 9.47 Å². The lowest BCUT2D eigenvalue weighted by molar-refractivity contribution is 0.115. The summed E-state index contributed by atoms with van der Waals surface area (Å²) < 4.78 is 23.9. The van der Waals surface area contributed by atoms with E-state index in [-0.39, 0.29) is 6.10 Å². The number of rotatable bonds is 6. The third-order valence-corrected chi connectivity index (χ3v) is 2.96. The van der Waals surface area contributed by atoms with E-state index in [2.05, 4.69) is 9.88 Å². The van der Waals surface area contributed by atoms with Crippen LogP contribution >= 0.6 is 0 Å². The first-order chi connectivity index (χ1) is 8.78. The number of aromatic nitrogens is 1. The predicted molar refractivity (Wildman–Crippen MR) is 66.2 cm³/mol. The van der Waals surface area contributed by atoms with E-state index in [1.807, 2.05) is 6.92 Å².